The fraction of sp³-hybridized carbons (Fsp3) is 0.160. The van der Waals surface area contributed by atoms with Crippen molar-refractivity contribution in [3.63, 3.8) is 0 Å². The summed E-state index contributed by atoms with van der Waals surface area (Å²) in [6.07, 6.45) is 0. The third kappa shape index (κ3) is 5.61. The zero-order valence-electron chi connectivity index (χ0n) is 19.0. The number of nitrogens with zero attached hydrogens (tertiary/aromatic N) is 3. The lowest BCUT2D eigenvalue weighted by atomic mass is 10.0. The monoisotopic (exact) mass is 508 g/mol. The molecular weight excluding hydrogens is 484 g/mol. The molecule has 0 amide bonds. The lowest BCUT2D eigenvalue weighted by Crippen LogP contribution is -2.26. The van der Waals surface area contributed by atoms with Crippen LogP contribution in [0.15, 0.2) is 95.0 Å². The van der Waals surface area contributed by atoms with Gasteiger partial charge in [-0.2, -0.15) is 0 Å². The summed E-state index contributed by atoms with van der Waals surface area (Å²) < 4.78 is 29.8. The van der Waals surface area contributed by atoms with Gasteiger partial charge < -0.3 is 4.57 Å². The Labute approximate surface area is 208 Å². The number of nitrogens with one attached hydrogen (secondary N) is 1. The summed E-state index contributed by atoms with van der Waals surface area (Å²) in [5.74, 6) is 0.464. The van der Waals surface area contributed by atoms with Crippen LogP contribution in [0, 0.1) is 10.1 Å². The summed E-state index contributed by atoms with van der Waals surface area (Å²) in [5.41, 5.74) is 3.82. The van der Waals surface area contributed by atoms with Crippen molar-refractivity contribution in [3.8, 4) is 22.5 Å². The number of thioether (sulfide) groups is 1. The van der Waals surface area contributed by atoms with E-state index in [-0.39, 0.29) is 17.1 Å². The van der Waals surface area contributed by atoms with Gasteiger partial charge in [0.15, 0.2) is 5.16 Å². The summed E-state index contributed by atoms with van der Waals surface area (Å²) >= 11 is 1.47. The molecule has 0 bridgehead atoms. The molecule has 0 aliphatic rings. The molecule has 8 nitrogen and oxygen atoms in total. The minimum absolute atomic E-state index is 0.0131. The number of imidazole rings is 1. The second kappa shape index (κ2) is 10.9. The Morgan fingerprint density at radius 2 is 1.54 bits per heavy atom. The summed E-state index contributed by atoms with van der Waals surface area (Å²) in [4.78, 5) is 15.1. The molecule has 0 saturated heterocycles. The first kappa shape index (κ1) is 24.6. The molecule has 3 aromatic carbocycles. The van der Waals surface area contributed by atoms with Gasteiger partial charge in [0, 0.05) is 42.1 Å². The summed E-state index contributed by atoms with van der Waals surface area (Å²) in [6.45, 7) is 2.95. The first-order chi connectivity index (χ1) is 16.9. The maximum Gasteiger partial charge on any atom is 0.269 e. The number of nitro groups is 1. The SMILES string of the molecule is CCn1c(SCCNS(=O)(=O)c2ccc([N+](=O)[O-])cc2)nc(-c2ccccc2)c1-c1ccccc1. The van der Waals surface area contributed by atoms with Crippen LogP contribution in [-0.2, 0) is 16.6 Å². The number of sulfonamides is 1. The average Bonchev–Trinajstić information content (AvgIpc) is 3.26. The van der Waals surface area contributed by atoms with Gasteiger partial charge in [-0.05, 0) is 19.1 Å². The van der Waals surface area contributed by atoms with Crippen LogP contribution >= 0.6 is 11.8 Å². The van der Waals surface area contributed by atoms with Crippen LogP contribution in [0.4, 0.5) is 5.69 Å². The van der Waals surface area contributed by atoms with Gasteiger partial charge in [-0.15, -0.1) is 0 Å². The second-order valence-electron chi connectivity index (χ2n) is 7.57. The van der Waals surface area contributed by atoms with Gasteiger partial charge in [0.25, 0.3) is 5.69 Å². The Morgan fingerprint density at radius 1 is 0.943 bits per heavy atom. The third-order valence-electron chi connectivity index (χ3n) is 5.33. The predicted octanol–water partition coefficient (Wildman–Crippen LogP) is 5.22. The van der Waals surface area contributed by atoms with E-state index in [9.17, 15) is 18.5 Å². The molecule has 0 spiro atoms. The van der Waals surface area contributed by atoms with E-state index in [2.05, 4.69) is 28.3 Å². The Morgan fingerprint density at radius 3 is 2.11 bits per heavy atom. The quantitative estimate of drug-likeness (QED) is 0.136. The summed E-state index contributed by atoms with van der Waals surface area (Å²) in [6, 6.07) is 24.9. The fourth-order valence-corrected chi connectivity index (χ4v) is 5.75. The molecular formula is C25H24N4O4S2. The van der Waals surface area contributed by atoms with E-state index in [0.717, 1.165) is 27.7 Å². The number of benzene rings is 3. The van der Waals surface area contributed by atoms with Crippen molar-refractivity contribution in [2.75, 3.05) is 12.3 Å². The first-order valence-electron chi connectivity index (χ1n) is 11.0. The number of rotatable bonds is 10. The van der Waals surface area contributed by atoms with Crippen LogP contribution in [0.1, 0.15) is 6.92 Å². The minimum atomic E-state index is -3.77. The maximum atomic E-state index is 12.6. The molecule has 1 heterocycles. The topological polar surface area (TPSA) is 107 Å². The molecule has 1 N–H and O–H groups in total. The fourth-order valence-electron chi connectivity index (χ4n) is 3.67. The highest BCUT2D eigenvalue weighted by Gasteiger charge is 2.20. The van der Waals surface area contributed by atoms with Crippen molar-refractivity contribution in [2.24, 2.45) is 0 Å². The average molecular weight is 509 g/mol. The van der Waals surface area contributed by atoms with Crippen molar-refractivity contribution >= 4 is 27.5 Å². The van der Waals surface area contributed by atoms with Crippen LogP contribution in [-0.4, -0.2) is 35.2 Å². The number of hydrogen-bond acceptors (Lipinski definition) is 6. The van der Waals surface area contributed by atoms with Crippen molar-refractivity contribution in [3.05, 3.63) is 95.0 Å². The molecule has 1 aromatic heterocycles. The standard InChI is InChI=1S/C25H24N4O4S2/c1-2-28-24(20-11-7-4-8-12-20)23(19-9-5-3-6-10-19)27-25(28)34-18-17-26-35(32,33)22-15-13-21(14-16-22)29(30)31/h3-16,26H,2,17-18H2,1H3. The highest BCUT2D eigenvalue weighted by Crippen LogP contribution is 2.35. The molecule has 0 saturated carbocycles. The zero-order valence-corrected chi connectivity index (χ0v) is 20.6. The van der Waals surface area contributed by atoms with Gasteiger partial charge in [0.2, 0.25) is 10.0 Å². The van der Waals surface area contributed by atoms with Crippen molar-refractivity contribution in [1.29, 1.82) is 0 Å². The number of non-ortho nitro benzene ring substituents is 1. The Kier molecular flexibility index (Phi) is 7.64. The molecule has 0 radical (unpaired) electrons. The Hall–Kier alpha value is -3.47. The largest absolute Gasteiger partial charge is 0.319 e. The predicted molar refractivity (Wildman–Crippen MR) is 138 cm³/mol. The van der Waals surface area contributed by atoms with E-state index >= 15 is 0 Å². The smallest absolute Gasteiger partial charge is 0.269 e. The van der Waals surface area contributed by atoms with Gasteiger partial charge >= 0.3 is 0 Å². The third-order valence-corrected chi connectivity index (χ3v) is 7.78. The van der Waals surface area contributed by atoms with Gasteiger partial charge in [-0.3, -0.25) is 10.1 Å². The second-order valence-corrected chi connectivity index (χ2v) is 10.4. The Balaban J connectivity index is 1.52. The van der Waals surface area contributed by atoms with Crippen LogP contribution in [0.2, 0.25) is 0 Å². The van der Waals surface area contributed by atoms with Gasteiger partial charge in [-0.25, -0.2) is 18.1 Å². The number of nitro benzene ring substituents is 1. The molecule has 0 unspecified atom stereocenters. The van der Waals surface area contributed by atoms with Gasteiger partial charge in [-0.1, -0.05) is 72.4 Å². The molecule has 35 heavy (non-hydrogen) atoms. The van der Waals surface area contributed by atoms with Crippen LogP contribution in [0.5, 0.6) is 0 Å². The lowest BCUT2D eigenvalue weighted by Gasteiger charge is -2.11. The van der Waals surface area contributed by atoms with E-state index in [1.165, 1.54) is 36.0 Å². The summed E-state index contributed by atoms with van der Waals surface area (Å²) in [5, 5.41) is 11.6. The van der Waals surface area contributed by atoms with E-state index in [0.29, 0.717) is 12.3 Å². The molecule has 4 aromatic rings. The first-order valence-corrected chi connectivity index (χ1v) is 13.5. The van der Waals surface area contributed by atoms with E-state index < -0.39 is 14.9 Å². The molecule has 0 fully saturated rings. The van der Waals surface area contributed by atoms with Crippen LogP contribution in [0.25, 0.3) is 22.5 Å². The minimum Gasteiger partial charge on any atom is -0.319 e. The van der Waals surface area contributed by atoms with E-state index in [1.807, 2.05) is 48.5 Å². The highest BCUT2D eigenvalue weighted by molar-refractivity contribution is 7.99. The lowest BCUT2D eigenvalue weighted by molar-refractivity contribution is -0.384. The van der Waals surface area contributed by atoms with Gasteiger partial charge in [0.05, 0.1) is 21.2 Å². The van der Waals surface area contributed by atoms with Gasteiger partial charge in [0.1, 0.15) is 0 Å². The molecule has 180 valence electrons. The Bertz CT molecular complexity index is 1410. The maximum absolute atomic E-state index is 12.6. The highest BCUT2D eigenvalue weighted by atomic mass is 32.2. The molecule has 4 rings (SSSR count). The zero-order chi connectivity index (χ0) is 24.8. The number of aromatic nitrogens is 2. The molecule has 0 aliphatic carbocycles. The van der Waals surface area contributed by atoms with Crippen molar-refractivity contribution in [2.45, 2.75) is 23.5 Å². The molecule has 0 aliphatic heterocycles. The number of hydrogen-bond donors (Lipinski definition) is 1. The van der Waals surface area contributed by atoms with Crippen molar-refractivity contribution < 1.29 is 13.3 Å². The van der Waals surface area contributed by atoms with Crippen LogP contribution < -0.4 is 4.72 Å². The molecule has 10 heteroatoms. The van der Waals surface area contributed by atoms with E-state index in [4.69, 9.17) is 4.98 Å². The summed E-state index contributed by atoms with van der Waals surface area (Å²) in [7, 11) is -3.77. The van der Waals surface area contributed by atoms with E-state index in [1.54, 1.807) is 0 Å². The van der Waals surface area contributed by atoms with Crippen molar-refractivity contribution in [1.82, 2.24) is 14.3 Å². The molecule has 0 atom stereocenters. The van der Waals surface area contributed by atoms with Crippen LogP contribution in [0.3, 0.4) is 0 Å². The normalized spacial score (nSPS) is 11.5.